The summed E-state index contributed by atoms with van der Waals surface area (Å²) in [6.45, 7) is 0.482. The van der Waals surface area contributed by atoms with Crippen molar-refractivity contribution in [3.05, 3.63) is 47.5 Å². The number of nitrogens with two attached hydrogens (primary N) is 2. The number of amides is 3. The van der Waals surface area contributed by atoms with Crippen molar-refractivity contribution in [3.8, 4) is 0 Å². The van der Waals surface area contributed by atoms with Crippen molar-refractivity contribution in [2.75, 3.05) is 6.54 Å². The van der Waals surface area contributed by atoms with Gasteiger partial charge < -0.3 is 11.5 Å². The molecule has 1 heterocycles. The molecule has 0 fully saturated rings. The van der Waals surface area contributed by atoms with Gasteiger partial charge in [-0.2, -0.15) is 0 Å². The third-order valence-corrected chi connectivity index (χ3v) is 4.37. The lowest BCUT2D eigenvalue weighted by molar-refractivity contribution is -0.122. The lowest BCUT2D eigenvalue weighted by Crippen LogP contribution is -2.52. The molecule has 1 aliphatic rings. The van der Waals surface area contributed by atoms with Gasteiger partial charge in [0.2, 0.25) is 5.91 Å². The highest BCUT2D eigenvalue weighted by Crippen LogP contribution is 2.31. The monoisotopic (exact) mass is 405 g/mol. The number of primary amides is 1. The minimum Gasteiger partial charge on any atom is -0.368 e. The predicted octanol–water partition coefficient (Wildman–Crippen LogP) is 2.00. The summed E-state index contributed by atoms with van der Waals surface area (Å²) in [6.07, 6.45) is 1.64. The lowest BCUT2D eigenvalue weighted by atomic mass is 9.92. The van der Waals surface area contributed by atoms with E-state index in [1.807, 2.05) is 12.1 Å². The fourth-order valence-electron chi connectivity index (χ4n) is 3.21. The average Bonchev–Trinajstić information content (AvgIpc) is 2.58. The van der Waals surface area contributed by atoms with Crippen LogP contribution in [0.15, 0.2) is 36.4 Å². The van der Waals surface area contributed by atoms with Gasteiger partial charge in [-0.3, -0.25) is 19.3 Å². The molecule has 0 aliphatic carbocycles. The van der Waals surface area contributed by atoms with E-state index in [2.05, 4.69) is 0 Å². The summed E-state index contributed by atoms with van der Waals surface area (Å²) in [5.74, 6) is -1.62. The van der Waals surface area contributed by atoms with Crippen molar-refractivity contribution in [2.24, 2.45) is 11.5 Å². The summed E-state index contributed by atoms with van der Waals surface area (Å²) in [5, 5.41) is 1.46. The van der Waals surface area contributed by atoms with E-state index in [9.17, 15) is 14.4 Å². The maximum absolute atomic E-state index is 12.9. The number of carbonyl (C=O) groups excluding carboxylic acids is 3. The van der Waals surface area contributed by atoms with E-state index in [0.717, 1.165) is 10.3 Å². The molecule has 2 aromatic carbocycles. The normalized spacial score (nSPS) is 14.4. The van der Waals surface area contributed by atoms with E-state index in [1.165, 1.54) is 0 Å². The smallest absolute Gasteiger partial charge is 0.262 e. The summed E-state index contributed by atoms with van der Waals surface area (Å²) in [7, 11) is 0. The highest BCUT2D eigenvalue weighted by Gasteiger charge is 2.39. The first kappa shape index (κ1) is 19.1. The molecular weight excluding hydrogens is 386 g/mol. The van der Waals surface area contributed by atoms with Crippen molar-refractivity contribution >= 4 is 45.5 Å². The van der Waals surface area contributed by atoms with Gasteiger partial charge in [0.05, 0.1) is 0 Å². The van der Waals surface area contributed by atoms with Gasteiger partial charge in [0.1, 0.15) is 6.04 Å². The largest absolute Gasteiger partial charge is 0.368 e. The highest BCUT2D eigenvalue weighted by atomic mass is 79.9. The second kappa shape index (κ2) is 7.76. The molecule has 0 aromatic heterocycles. The Hall–Kier alpha value is -2.25. The van der Waals surface area contributed by atoms with E-state index < -0.39 is 23.8 Å². The predicted molar refractivity (Wildman–Crippen MR) is 101 cm³/mol. The van der Waals surface area contributed by atoms with E-state index in [1.54, 1.807) is 24.3 Å². The van der Waals surface area contributed by atoms with Crippen LogP contribution in [0.4, 0.5) is 0 Å². The Labute approximate surface area is 155 Å². The Bertz CT molecular complexity index is 787. The molecule has 2 aromatic rings. The minimum absolute atomic E-state index is 0. The number of carbonyl (C=O) groups is 3. The highest BCUT2D eigenvalue weighted by molar-refractivity contribution is 8.93. The van der Waals surface area contributed by atoms with Crippen LogP contribution in [0, 0.1) is 0 Å². The molecule has 3 rings (SSSR count). The Morgan fingerprint density at radius 1 is 1.00 bits per heavy atom. The summed E-state index contributed by atoms with van der Waals surface area (Å²) >= 11 is 0. The second-order valence-electron chi connectivity index (χ2n) is 5.89. The van der Waals surface area contributed by atoms with Gasteiger partial charge in [-0.25, -0.2) is 0 Å². The number of unbranched alkanes of at least 4 members (excludes halogenated alkanes) is 1. The molecule has 0 saturated carbocycles. The van der Waals surface area contributed by atoms with Crippen molar-refractivity contribution < 1.29 is 14.4 Å². The zero-order chi connectivity index (χ0) is 17.3. The molecule has 6 nitrogen and oxygen atoms in total. The molecule has 1 atom stereocenters. The average molecular weight is 406 g/mol. The molecule has 0 bridgehead atoms. The van der Waals surface area contributed by atoms with Gasteiger partial charge in [-0.05, 0) is 43.3 Å². The first-order valence-corrected chi connectivity index (χ1v) is 7.95. The third-order valence-electron chi connectivity index (χ3n) is 4.37. The van der Waals surface area contributed by atoms with Crippen molar-refractivity contribution in [1.82, 2.24) is 4.90 Å². The fraction of sp³-hybridized carbons (Fsp3) is 0.278. The molecule has 1 unspecified atom stereocenters. The molecule has 7 heteroatoms. The summed E-state index contributed by atoms with van der Waals surface area (Å²) in [5.41, 5.74) is 11.8. The Balaban J connectivity index is 0.00000225. The number of benzene rings is 2. The molecule has 0 saturated heterocycles. The number of hydrogen-bond donors (Lipinski definition) is 2. The number of halogens is 1. The SMILES string of the molecule is Br.NCCCCC(C(N)=O)N1C(=O)c2cccc3cccc(c23)C1=O. The minimum atomic E-state index is -0.958. The first-order chi connectivity index (χ1) is 11.6. The topological polar surface area (TPSA) is 106 Å². The van der Waals surface area contributed by atoms with Gasteiger partial charge in [0.25, 0.3) is 11.8 Å². The van der Waals surface area contributed by atoms with Gasteiger partial charge >= 0.3 is 0 Å². The van der Waals surface area contributed by atoms with Gasteiger partial charge in [0, 0.05) is 16.5 Å². The van der Waals surface area contributed by atoms with Crippen LogP contribution in [0.5, 0.6) is 0 Å². The first-order valence-electron chi connectivity index (χ1n) is 7.95. The standard InChI is InChI=1S/C18H19N3O3.BrH/c19-10-2-1-9-14(16(20)22)21-17(23)12-7-3-5-11-6-4-8-13(15(11)12)18(21)24;/h3-8,14H,1-2,9-10,19H2,(H2,20,22);1H. The fourth-order valence-corrected chi connectivity index (χ4v) is 3.21. The number of rotatable bonds is 6. The maximum atomic E-state index is 12.9. The van der Waals surface area contributed by atoms with Crippen molar-refractivity contribution in [3.63, 3.8) is 0 Å². The zero-order valence-electron chi connectivity index (χ0n) is 13.6. The third kappa shape index (κ3) is 3.29. The summed E-state index contributed by atoms with van der Waals surface area (Å²) < 4.78 is 0. The van der Waals surface area contributed by atoms with Crippen LogP contribution in [0.3, 0.4) is 0 Å². The van der Waals surface area contributed by atoms with E-state index >= 15 is 0 Å². The van der Waals surface area contributed by atoms with Crippen molar-refractivity contribution in [1.29, 1.82) is 0 Å². The van der Waals surface area contributed by atoms with Crippen LogP contribution in [-0.4, -0.2) is 35.2 Å². The number of imide groups is 1. The molecular formula is C18H20BrN3O3. The van der Waals surface area contributed by atoms with Crippen LogP contribution in [-0.2, 0) is 4.79 Å². The summed E-state index contributed by atoms with van der Waals surface area (Å²) in [6, 6.07) is 9.62. The van der Waals surface area contributed by atoms with Crippen LogP contribution >= 0.6 is 17.0 Å². The number of nitrogens with zero attached hydrogens (tertiary/aromatic N) is 1. The maximum Gasteiger partial charge on any atom is 0.262 e. The van der Waals surface area contributed by atoms with Gasteiger partial charge in [-0.15, -0.1) is 17.0 Å². The summed E-state index contributed by atoms with van der Waals surface area (Å²) in [4.78, 5) is 38.6. The lowest BCUT2D eigenvalue weighted by Gasteiger charge is -2.32. The van der Waals surface area contributed by atoms with Crippen LogP contribution in [0.25, 0.3) is 10.8 Å². The van der Waals surface area contributed by atoms with E-state index in [0.29, 0.717) is 42.3 Å². The van der Waals surface area contributed by atoms with Crippen LogP contribution < -0.4 is 11.5 Å². The molecule has 0 radical (unpaired) electrons. The Morgan fingerprint density at radius 2 is 1.56 bits per heavy atom. The van der Waals surface area contributed by atoms with E-state index in [4.69, 9.17) is 11.5 Å². The second-order valence-corrected chi connectivity index (χ2v) is 5.89. The van der Waals surface area contributed by atoms with Crippen molar-refractivity contribution in [2.45, 2.75) is 25.3 Å². The zero-order valence-corrected chi connectivity index (χ0v) is 15.3. The van der Waals surface area contributed by atoms with Crippen LogP contribution in [0.1, 0.15) is 40.0 Å². The molecule has 3 amide bonds. The van der Waals surface area contributed by atoms with Gasteiger partial charge in [-0.1, -0.05) is 24.3 Å². The number of hydrogen-bond acceptors (Lipinski definition) is 4. The van der Waals surface area contributed by atoms with Gasteiger partial charge in [0.15, 0.2) is 0 Å². The Morgan fingerprint density at radius 3 is 2.04 bits per heavy atom. The molecule has 132 valence electrons. The molecule has 4 N–H and O–H groups in total. The quantitative estimate of drug-likeness (QED) is 0.565. The molecule has 1 aliphatic heterocycles. The Kier molecular flexibility index (Phi) is 5.92. The molecule has 25 heavy (non-hydrogen) atoms. The molecule has 0 spiro atoms. The van der Waals surface area contributed by atoms with E-state index in [-0.39, 0.29) is 17.0 Å². The van der Waals surface area contributed by atoms with Crippen LogP contribution in [0.2, 0.25) is 0 Å².